The SMILES string of the molecule is Cc1cccc(CC(CNC(=O)c2ccc(Br)s2)C(=O)O)c1. The Kier molecular flexibility index (Phi) is 5.74. The van der Waals surface area contributed by atoms with E-state index in [1.807, 2.05) is 31.2 Å². The molecule has 2 rings (SSSR count). The van der Waals surface area contributed by atoms with Gasteiger partial charge in [-0.15, -0.1) is 11.3 Å². The second kappa shape index (κ2) is 7.56. The van der Waals surface area contributed by atoms with Crippen LogP contribution in [0, 0.1) is 12.8 Å². The summed E-state index contributed by atoms with van der Waals surface area (Å²) in [7, 11) is 0. The molecule has 0 bridgehead atoms. The summed E-state index contributed by atoms with van der Waals surface area (Å²) in [5.74, 6) is -1.80. The van der Waals surface area contributed by atoms with Crippen LogP contribution in [0.5, 0.6) is 0 Å². The molecular weight excluding hydrogens is 366 g/mol. The summed E-state index contributed by atoms with van der Waals surface area (Å²) >= 11 is 4.62. The molecule has 2 N–H and O–H groups in total. The Morgan fingerprint density at radius 1 is 1.32 bits per heavy atom. The van der Waals surface area contributed by atoms with E-state index in [0.29, 0.717) is 11.3 Å². The van der Waals surface area contributed by atoms with Gasteiger partial charge in [0.2, 0.25) is 0 Å². The second-order valence-electron chi connectivity index (χ2n) is 5.04. The molecule has 2 aromatic rings. The fourth-order valence-electron chi connectivity index (χ4n) is 2.11. The van der Waals surface area contributed by atoms with Crippen LogP contribution in [0.4, 0.5) is 0 Å². The molecule has 6 heteroatoms. The molecule has 116 valence electrons. The van der Waals surface area contributed by atoms with Gasteiger partial charge in [-0.2, -0.15) is 0 Å². The van der Waals surface area contributed by atoms with Crippen molar-refractivity contribution < 1.29 is 14.7 Å². The van der Waals surface area contributed by atoms with Crippen molar-refractivity contribution in [3.8, 4) is 0 Å². The molecule has 0 spiro atoms. The predicted octanol–water partition coefficient (Wildman–Crippen LogP) is 3.49. The lowest BCUT2D eigenvalue weighted by atomic mass is 9.98. The molecule has 1 aromatic carbocycles. The molecule has 1 atom stereocenters. The van der Waals surface area contributed by atoms with Crippen molar-refractivity contribution in [1.82, 2.24) is 5.32 Å². The van der Waals surface area contributed by atoms with Crippen LogP contribution in [0.15, 0.2) is 40.2 Å². The quantitative estimate of drug-likeness (QED) is 0.804. The molecule has 22 heavy (non-hydrogen) atoms. The number of carbonyl (C=O) groups excluding carboxylic acids is 1. The zero-order valence-electron chi connectivity index (χ0n) is 12.0. The molecular formula is C16H16BrNO3S. The van der Waals surface area contributed by atoms with E-state index in [2.05, 4.69) is 21.2 Å². The third-order valence-corrected chi connectivity index (χ3v) is 4.84. The van der Waals surface area contributed by atoms with Crippen molar-refractivity contribution in [2.75, 3.05) is 6.54 Å². The molecule has 1 aromatic heterocycles. The summed E-state index contributed by atoms with van der Waals surface area (Å²) in [4.78, 5) is 23.9. The molecule has 4 nitrogen and oxygen atoms in total. The lowest BCUT2D eigenvalue weighted by molar-refractivity contribution is -0.141. The Hall–Kier alpha value is -1.66. The van der Waals surface area contributed by atoms with Crippen LogP contribution in [0.25, 0.3) is 0 Å². The Balaban J connectivity index is 1.97. The summed E-state index contributed by atoms with van der Waals surface area (Å²) < 4.78 is 0.868. The third-order valence-electron chi connectivity index (χ3n) is 3.22. The van der Waals surface area contributed by atoms with Crippen LogP contribution in [0.1, 0.15) is 20.8 Å². The van der Waals surface area contributed by atoms with Crippen molar-refractivity contribution in [2.45, 2.75) is 13.3 Å². The number of rotatable bonds is 6. The molecule has 0 radical (unpaired) electrons. The molecule has 0 aliphatic heterocycles. The van der Waals surface area contributed by atoms with Crippen molar-refractivity contribution in [1.29, 1.82) is 0 Å². The van der Waals surface area contributed by atoms with Crippen LogP contribution in [-0.4, -0.2) is 23.5 Å². The first kappa shape index (κ1) is 16.7. The summed E-state index contributed by atoms with van der Waals surface area (Å²) in [6.07, 6.45) is 0.394. The van der Waals surface area contributed by atoms with E-state index >= 15 is 0 Å². The lowest BCUT2D eigenvalue weighted by Gasteiger charge is -2.13. The standard InChI is InChI=1S/C16H16BrNO3S/c1-10-3-2-4-11(7-10)8-12(16(20)21)9-18-15(19)13-5-6-14(17)22-13/h2-7,12H,8-9H2,1H3,(H,18,19)(H,20,21). The van der Waals surface area contributed by atoms with Crippen molar-refractivity contribution in [3.63, 3.8) is 0 Å². The van der Waals surface area contributed by atoms with Gasteiger partial charge in [-0.3, -0.25) is 9.59 Å². The van der Waals surface area contributed by atoms with Crippen molar-refractivity contribution in [3.05, 3.63) is 56.2 Å². The van der Waals surface area contributed by atoms with E-state index in [0.717, 1.165) is 14.9 Å². The van der Waals surface area contributed by atoms with Gasteiger partial charge in [0.1, 0.15) is 0 Å². The number of aliphatic carboxylic acids is 1. The average molecular weight is 382 g/mol. The Labute approximate surface area is 141 Å². The first-order valence-corrected chi connectivity index (χ1v) is 8.38. The Morgan fingerprint density at radius 3 is 2.68 bits per heavy atom. The van der Waals surface area contributed by atoms with Crippen molar-refractivity contribution in [2.24, 2.45) is 5.92 Å². The third kappa shape index (κ3) is 4.68. The summed E-state index contributed by atoms with van der Waals surface area (Å²) in [5.41, 5.74) is 2.05. The van der Waals surface area contributed by atoms with Gasteiger partial charge in [0.15, 0.2) is 0 Å². The van der Waals surface area contributed by atoms with Gasteiger partial charge in [0.05, 0.1) is 14.6 Å². The van der Waals surface area contributed by atoms with E-state index in [-0.39, 0.29) is 12.5 Å². The highest BCUT2D eigenvalue weighted by atomic mass is 79.9. The Bertz CT molecular complexity index is 684. The number of benzene rings is 1. The number of hydrogen-bond acceptors (Lipinski definition) is 3. The van der Waals surface area contributed by atoms with Gasteiger partial charge >= 0.3 is 5.97 Å². The Morgan fingerprint density at radius 2 is 2.09 bits per heavy atom. The minimum Gasteiger partial charge on any atom is -0.481 e. The maximum atomic E-state index is 12.0. The van der Waals surface area contributed by atoms with Gasteiger partial charge in [-0.05, 0) is 47.0 Å². The van der Waals surface area contributed by atoms with Gasteiger partial charge in [0.25, 0.3) is 5.91 Å². The monoisotopic (exact) mass is 381 g/mol. The van der Waals surface area contributed by atoms with Crippen LogP contribution in [0.3, 0.4) is 0 Å². The van der Waals surface area contributed by atoms with Gasteiger partial charge in [-0.1, -0.05) is 29.8 Å². The molecule has 0 aliphatic carbocycles. The minimum absolute atomic E-state index is 0.109. The number of carboxylic acids is 1. The highest BCUT2D eigenvalue weighted by molar-refractivity contribution is 9.11. The van der Waals surface area contributed by atoms with Gasteiger partial charge < -0.3 is 10.4 Å². The molecule has 0 saturated carbocycles. The average Bonchev–Trinajstić information content (AvgIpc) is 2.89. The number of carbonyl (C=O) groups is 2. The number of nitrogens with one attached hydrogen (secondary N) is 1. The molecule has 1 amide bonds. The topological polar surface area (TPSA) is 66.4 Å². The first-order chi connectivity index (χ1) is 10.5. The maximum absolute atomic E-state index is 12.0. The second-order valence-corrected chi connectivity index (χ2v) is 7.51. The van der Waals surface area contributed by atoms with Gasteiger partial charge in [0, 0.05) is 6.54 Å². The zero-order chi connectivity index (χ0) is 16.1. The van der Waals surface area contributed by atoms with Crippen LogP contribution >= 0.6 is 27.3 Å². The minimum atomic E-state index is -0.908. The fourth-order valence-corrected chi connectivity index (χ4v) is 3.41. The smallest absolute Gasteiger partial charge is 0.308 e. The van der Waals surface area contributed by atoms with Gasteiger partial charge in [-0.25, -0.2) is 0 Å². The fraction of sp³-hybridized carbons (Fsp3) is 0.250. The van der Waals surface area contributed by atoms with E-state index in [1.165, 1.54) is 11.3 Å². The highest BCUT2D eigenvalue weighted by Crippen LogP contribution is 2.22. The van der Waals surface area contributed by atoms with Crippen molar-refractivity contribution >= 4 is 39.1 Å². The zero-order valence-corrected chi connectivity index (χ0v) is 14.4. The highest BCUT2D eigenvalue weighted by Gasteiger charge is 2.20. The first-order valence-electron chi connectivity index (χ1n) is 6.77. The number of halogens is 1. The van der Waals surface area contributed by atoms with Crippen LogP contribution in [0.2, 0.25) is 0 Å². The predicted molar refractivity (Wildman–Crippen MR) is 90.4 cm³/mol. The van der Waals surface area contributed by atoms with Crippen LogP contribution < -0.4 is 5.32 Å². The number of thiophene rings is 1. The lowest BCUT2D eigenvalue weighted by Crippen LogP contribution is -2.33. The number of aryl methyl sites for hydroxylation is 1. The summed E-state index contributed by atoms with van der Waals surface area (Å²) in [6.45, 7) is 2.08. The molecule has 0 fully saturated rings. The van der Waals surface area contributed by atoms with E-state index in [4.69, 9.17) is 0 Å². The molecule has 0 saturated heterocycles. The number of amides is 1. The van der Waals surface area contributed by atoms with E-state index in [1.54, 1.807) is 12.1 Å². The number of carboxylic acid groups (broad SMARTS) is 1. The van der Waals surface area contributed by atoms with E-state index in [9.17, 15) is 14.7 Å². The maximum Gasteiger partial charge on any atom is 0.308 e. The van der Waals surface area contributed by atoms with E-state index < -0.39 is 11.9 Å². The normalized spacial score (nSPS) is 11.9. The summed E-state index contributed by atoms with van der Waals surface area (Å²) in [5, 5.41) is 12.0. The summed E-state index contributed by atoms with van der Waals surface area (Å²) in [6, 6.07) is 11.2. The molecule has 1 heterocycles. The van der Waals surface area contributed by atoms with Crippen LogP contribution in [-0.2, 0) is 11.2 Å². The molecule has 0 aliphatic rings. The largest absolute Gasteiger partial charge is 0.481 e. The number of hydrogen-bond donors (Lipinski definition) is 2. The molecule has 1 unspecified atom stereocenters.